The zero-order chi connectivity index (χ0) is 23.6. The summed E-state index contributed by atoms with van der Waals surface area (Å²) in [6.45, 7) is 6.66. The lowest BCUT2D eigenvalue weighted by Gasteiger charge is -2.35. The fraction of sp³-hybridized carbons (Fsp3) is 0.333. The van der Waals surface area contributed by atoms with E-state index in [1.165, 1.54) is 24.4 Å². The van der Waals surface area contributed by atoms with Crippen LogP contribution in [0.3, 0.4) is 0 Å². The molecule has 1 aliphatic heterocycles. The van der Waals surface area contributed by atoms with Gasteiger partial charge in [0, 0.05) is 37.8 Å². The van der Waals surface area contributed by atoms with Gasteiger partial charge in [0.15, 0.2) is 0 Å². The number of benzene rings is 2. The van der Waals surface area contributed by atoms with E-state index < -0.39 is 15.7 Å². The highest BCUT2D eigenvalue weighted by Gasteiger charge is 2.25. The highest BCUT2D eigenvalue weighted by molar-refractivity contribution is 7.91. The van der Waals surface area contributed by atoms with Crippen LogP contribution in [0, 0.1) is 11.7 Å². The van der Waals surface area contributed by atoms with Gasteiger partial charge < -0.3 is 14.5 Å². The maximum atomic E-state index is 13.6. The van der Waals surface area contributed by atoms with Crippen LogP contribution in [0.4, 0.5) is 14.9 Å². The molecule has 7 nitrogen and oxygen atoms in total. The van der Waals surface area contributed by atoms with Crippen molar-refractivity contribution in [1.82, 2.24) is 9.88 Å². The van der Waals surface area contributed by atoms with E-state index in [0.29, 0.717) is 43.7 Å². The van der Waals surface area contributed by atoms with Crippen LogP contribution in [0.25, 0.3) is 10.9 Å². The van der Waals surface area contributed by atoms with E-state index in [9.17, 15) is 17.6 Å². The van der Waals surface area contributed by atoms with Gasteiger partial charge in [-0.2, -0.15) is 0 Å². The molecule has 1 aliphatic rings. The largest absolute Gasteiger partial charge is 0.449 e. The molecular weight excluding hydrogens is 445 g/mol. The molecule has 4 rings (SSSR count). The number of sulfone groups is 1. The maximum Gasteiger partial charge on any atom is 0.409 e. The fourth-order valence-corrected chi connectivity index (χ4v) is 5.03. The predicted molar refractivity (Wildman–Crippen MR) is 124 cm³/mol. The average molecular weight is 472 g/mol. The van der Waals surface area contributed by atoms with E-state index in [2.05, 4.69) is 9.88 Å². The molecule has 0 unspecified atom stereocenters. The van der Waals surface area contributed by atoms with Gasteiger partial charge in [-0.1, -0.05) is 32.0 Å². The van der Waals surface area contributed by atoms with Crippen LogP contribution in [0.15, 0.2) is 64.5 Å². The molecule has 2 aromatic carbocycles. The third kappa shape index (κ3) is 4.93. The van der Waals surface area contributed by atoms with E-state index in [1.54, 1.807) is 17.0 Å². The van der Waals surface area contributed by atoms with Gasteiger partial charge >= 0.3 is 6.09 Å². The Morgan fingerprint density at radius 2 is 1.79 bits per heavy atom. The van der Waals surface area contributed by atoms with Gasteiger partial charge in [-0.3, -0.25) is 4.98 Å². The molecule has 3 aromatic rings. The third-order valence-corrected chi connectivity index (χ3v) is 7.22. The topological polar surface area (TPSA) is 79.8 Å². The molecule has 0 N–H and O–H groups in total. The quantitative estimate of drug-likeness (QED) is 0.557. The van der Waals surface area contributed by atoms with Gasteiger partial charge in [-0.15, -0.1) is 0 Å². The summed E-state index contributed by atoms with van der Waals surface area (Å²) < 4.78 is 44.8. The van der Waals surface area contributed by atoms with Gasteiger partial charge in [0.25, 0.3) is 0 Å². The molecule has 0 atom stereocenters. The van der Waals surface area contributed by atoms with Gasteiger partial charge in [0.1, 0.15) is 5.82 Å². The molecule has 2 heterocycles. The zero-order valence-corrected chi connectivity index (χ0v) is 19.4. The van der Waals surface area contributed by atoms with Gasteiger partial charge in [0.2, 0.25) is 9.84 Å². The van der Waals surface area contributed by atoms with Crippen LogP contribution in [0.5, 0.6) is 0 Å². The van der Waals surface area contributed by atoms with Crippen molar-refractivity contribution in [3.8, 4) is 0 Å². The number of anilines is 1. The third-order valence-electron chi connectivity index (χ3n) is 5.50. The standard InChI is InChI=1S/C24H26FN3O4S/c1-17(2)16-32-24(29)28-11-9-27(10-12-28)22-8-3-5-18-13-21(15-26-23(18)22)33(30,31)20-7-4-6-19(25)14-20/h3-8,13-15,17H,9-12,16H2,1-2H3. The van der Waals surface area contributed by atoms with Crippen molar-refractivity contribution in [2.45, 2.75) is 23.6 Å². The summed E-state index contributed by atoms with van der Waals surface area (Å²) in [4.78, 5) is 20.4. The van der Waals surface area contributed by atoms with Gasteiger partial charge in [0.05, 0.1) is 27.6 Å². The molecule has 1 fully saturated rings. The lowest BCUT2D eigenvalue weighted by molar-refractivity contribution is 0.0902. The fourth-order valence-electron chi connectivity index (χ4n) is 3.76. The van der Waals surface area contributed by atoms with Gasteiger partial charge in [-0.05, 0) is 36.2 Å². The van der Waals surface area contributed by atoms with Crippen LogP contribution in [-0.4, -0.2) is 57.2 Å². The number of rotatable bonds is 5. The second kappa shape index (κ2) is 9.35. The number of amides is 1. The predicted octanol–water partition coefficient (Wildman–Crippen LogP) is 4.12. The number of carbonyl (C=O) groups excluding carboxylic acids is 1. The summed E-state index contributed by atoms with van der Waals surface area (Å²) in [6, 6.07) is 12.1. The minimum Gasteiger partial charge on any atom is -0.449 e. The van der Waals surface area contributed by atoms with Gasteiger partial charge in [-0.25, -0.2) is 17.6 Å². The number of piperazine rings is 1. The lowest BCUT2D eigenvalue weighted by atomic mass is 10.1. The number of pyridine rings is 1. The number of aromatic nitrogens is 1. The molecule has 0 aliphatic carbocycles. The van der Waals surface area contributed by atoms with E-state index in [4.69, 9.17) is 4.74 Å². The number of ether oxygens (including phenoxy) is 1. The van der Waals surface area contributed by atoms with E-state index >= 15 is 0 Å². The van der Waals surface area contributed by atoms with E-state index in [-0.39, 0.29) is 21.8 Å². The molecule has 1 saturated heterocycles. The first kappa shape index (κ1) is 23.0. The smallest absolute Gasteiger partial charge is 0.409 e. The summed E-state index contributed by atoms with van der Waals surface area (Å²) in [5.74, 6) is -0.328. The summed E-state index contributed by atoms with van der Waals surface area (Å²) >= 11 is 0. The minimum absolute atomic E-state index is 0.00969. The SMILES string of the molecule is CC(C)COC(=O)N1CCN(c2cccc3cc(S(=O)(=O)c4cccc(F)c4)cnc23)CC1. The van der Waals surface area contributed by atoms with Crippen molar-refractivity contribution in [1.29, 1.82) is 0 Å². The normalized spacial score (nSPS) is 14.7. The van der Waals surface area contributed by atoms with E-state index in [1.807, 2.05) is 26.0 Å². The first-order chi connectivity index (χ1) is 15.8. The van der Waals surface area contributed by atoms with Crippen LogP contribution >= 0.6 is 0 Å². The second-order valence-corrected chi connectivity index (χ2v) is 10.4. The summed E-state index contributed by atoms with van der Waals surface area (Å²) in [6.07, 6.45) is 1.01. The van der Waals surface area contributed by atoms with Crippen LogP contribution in [0.2, 0.25) is 0 Å². The van der Waals surface area contributed by atoms with Crippen molar-refractivity contribution >= 4 is 32.5 Å². The molecule has 0 spiro atoms. The Hall–Kier alpha value is -3.20. The lowest BCUT2D eigenvalue weighted by Crippen LogP contribution is -2.49. The number of para-hydroxylation sites is 1. The monoisotopic (exact) mass is 471 g/mol. The van der Waals surface area contributed by atoms with Crippen molar-refractivity contribution in [2.24, 2.45) is 5.92 Å². The van der Waals surface area contributed by atoms with Crippen molar-refractivity contribution in [2.75, 3.05) is 37.7 Å². The molecular formula is C24H26FN3O4S. The summed E-state index contributed by atoms with van der Waals surface area (Å²) in [7, 11) is -3.89. The summed E-state index contributed by atoms with van der Waals surface area (Å²) in [5, 5.41) is 0.670. The maximum absolute atomic E-state index is 13.6. The number of carbonyl (C=O) groups is 1. The molecule has 1 amide bonds. The second-order valence-electron chi connectivity index (χ2n) is 8.43. The average Bonchev–Trinajstić information content (AvgIpc) is 2.82. The first-order valence-corrected chi connectivity index (χ1v) is 12.3. The molecule has 1 aromatic heterocycles. The minimum atomic E-state index is -3.89. The molecule has 33 heavy (non-hydrogen) atoms. The molecule has 174 valence electrons. The van der Waals surface area contributed by atoms with Crippen LogP contribution in [-0.2, 0) is 14.6 Å². The highest BCUT2D eigenvalue weighted by atomic mass is 32.2. The number of fused-ring (bicyclic) bond motifs is 1. The zero-order valence-electron chi connectivity index (χ0n) is 18.6. The number of hydrogen-bond acceptors (Lipinski definition) is 6. The van der Waals surface area contributed by atoms with Crippen LogP contribution in [0.1, 0.15) is 13.8 Å². The Balaban J connectivity index is 1.55. The number of halogens is 1. The molecule has 0 radical (unpaired) electrons. The molecule has 0 saturated carbocycles. The van der Waals surface area contributed by atoms with Crippen molar-refractivity contribution in [3.05, 3.63) is 60.5 Å². The Bertz CT molecular complexity index is 1270. The molecule has 9 heteroatoms. The highest BCUT2D eigenvalue weighted by Crippen LogP contribution is 2.29. The Kier molecular flexibility index (Phi) is 6.51. The van der Waals surface area contributed by atoms with E-state index in [0.717, 1.165) is 11.8 Å². The Morgan fingerprint density at radius 1 is 1.06 bits per heavy atom. The van der Waals surface area contributed by atoms with Crippen molar-refractivity contribution in [3.63, 3.8) is 0 Å². The van der Waals surface area contributed by atoms with Crippen molar-refractivity contribution < 1.29 is 22.3 Å². The Labute approximate surface area is 192 Å². The van der Waals surface area contributed by atoms with Crippen LogP contribution < -0.4 is 4.90 Å². The first-order valence-electron chi connectivity index (χ1n) is 10.8. The summed E-state index contributed by atoms with van der Waals surface area (Å²) in [5.41, 5.74) is 1.55. The number of hydrogen-bond donors (Lipinski definition) is 0. The molecule has 0 bridgehead atoms. The number of nitrogens with zero attached hydrogens (tertiary/aromatic N) is 3. The Morgan fingerprint density at radius 3 is 2.48 bits per heavy atom.